The van der Waals surface area contributed by atoms with Crippen molar-refractivity contribution in [2.75, 3.05) is 7.11 Å². The molecule has 1 aliphatic heterocycles. The Kier molecular flexibility index (Phi) is 5.68. The smallest absolute Gasteiger partial charge is 0.305 e. The summed E-state index contributed by atoms with van der Waals surface area (Å²) in [5, 5.41) is 2.83. The van der Waals surface area contributed by atoms with Crippen LogP contribution in [-0.2, 0) is 6.61 Å². The van der Waals surface area contributed by atoms with Gasteiger partial charge in [-0.3, -0.25) is 4.79 Å². The van der Waals surface area contributed by atoms with E-state index in [9.17, 15) is 4.79 Å². The summed E-state index contributed by atoms with van der Waals surface area (Å²) in [4.78, 5) is 16.6. The van der Waals surface area contributed by atoms with Gasteiger partial charge in [0.2, 0.25) is 0 Å². The highest BCUT2D eigenvalue weighted by Gasteiger charge is 2.54. The van der Waals surface area contributed by atoms with Gasteiger partial charge in [-0.1, -0.05) is 46.7 Å². The Bertz CT molecular complexity index is 1270. The Morgan fingerprint density at radius 1 is 1.09 bits per heavy atom. The number of aromatic amines is 1. The molecule has 1 aromatic heterocycles. The summed E-state index contributed by atoms with van der Waals surface area (Å²) < 4.78 is 11.8. The molecule has 2 saturated carbocycles. The van der Waals surface area contributed by atoms with Gasteiger partial charge in [0.15, 0.2) is 11.5 Å². The summed E-state index contributed by atoms with van der Waals surface area (Å²) in [6.45, 7) is 0.323. The standard InChI is InChI=1S/C25H23Cl2NO3S2/c1-30-19-9-13(5-7-18(19)31-11-15-4-6-16(26)10-17(15)27)21-20-12-2-3-14(8-12)22(20)32-24-23(21)33-25(29)28-24/h4-7,9-10,12,14,20-22H,2-3,8,11H2,1H3,(H,28,29)/t12-,14-,20-,21-,22+/m0/s1. The molecule has 2 aliphatic carbocycles. The van der Waals surface area contributed by atoms with E-state index < -0.39 is 0 Å². The summed E-state index contributed by atoms with van der Waals surface area (Å²) >= 11 is 15.6. The second-order valence-corrected chi connectivity index (χ2v) is 12.2. The van der Waals surface area contributed by atoms with Crippen molar-refractivity contribution in [3.05, 3.63) is 72.1 Å². The van der Waals surface area contributed by atoms with Crippen molar-refractivity contribution in [3.8, 4) is 11.5 Å². The molecule has 3 aromatic rings. The predicted octanol–water partition coefficient (Wildman–Crippen LogP) is 6.98. The molecule has 5 atom stereocenters. The zero-order valence-electron chi connectivity index (χ0n) is 18.0. The third kappa shape index (κ3) is 3.79. The van der Waals surface area contributed by atoms with E-state index in [1.807, 2.05) is 23.9 Å². The lowest BCUT2D eigenvalue weighted by molar-refractivity contribution is 0.282. The SMILES string of the molecule is COc1cc([C@@H]2c3sc(=O)[nH]c3S[C@@H]3[C@H]4CC[C@@H](C4)[C@@H]23)ccc1OCc1ccc(Cl)cc1Cl. The number of hydrogen-bond acceptors (Lipinski definition) is 5. The molecule has 0 spiro atoms. The number of methoxy groups -OCH3 is 1. The fraction of sp³-hybridized carbons (Fsp3) is 0.400. The van der Waals surface area contributed by atoms with Crippen LogP contribution >= 0.6 is 46.3 Å². The zero-order chi connectivity index (χ0) is 22.7. The number of thioether (sulfide) groups is 1. The molecule has 3 aliphatic rings. The number of fused-ring (bicyclic) bond motifs is 6. The molecule has 2 aromatic carbocycles. The highest BCUT2D eigenvalue weighted by atomic mass is 35.5. The zero-order valence-corrected chi connectivity index (χ0v) is 21.1. The third-order valence-electron chi connectivity index (χ3n) is 7.41. The quantitative estimate of drug-likeness (QED) is 0.394. The lowest BCUT2D eigenvalue weighted by Crippen LogP contribution is -2.33. The number of ether oxygens (including phenoxy) is 2. The van der Waals surface area contributed by atoms with E-state index in [2.05, 4.69) is 17.1 Å². The van der Waals surface area contributed by atoms with Crippen LogP contribution in [0.3, 0.4) is 0 Å². The number of rotatable bonds is 5. The first-order valence-corrected chi connectivity index (χ1v) is 13.6. The molecule has 4 nitrogen and oxygen atoms in total. The van der Waals surface area contributed by atoms with Crippen LogP contribution in [0.25, 0.3) is 0 Å². The fourth-order valence-corrected chi connectivity index (χ4v) is 9.37. The molecule has 0 radical (unpaired) electrons. The molecule has 1 N–H and O–H groups in total. The fourth-order valence-electron chi connectivity index (χ4n) is 6.01. The highest BCUT2D eigenvalue weighted by molar-refractivity contribution is 8.00. The first-order chi connectivity index (χ1) is 16.0. The molecule has 8 heteroatoms. The second-order valence-electron chi connectivity index (χ2n) is 9.11. The minimum atomic E-state index is 0.0385. The van der Waals surface area contributed by atoms with Crippen LogP contribution in [0.1, 0.15) is 41.2 Å². The molecule has 0 amide bonds. The summed E-state index contributed by atoms with van der Waals surface area (Å²) in [5.41, 5.74) is 2.06. The average Bonchev–Trinajstić information content (AvgIpc) is 3.51. The lowest BCUT2D eigenvalue weighted by atomic mass is 9.75. The van der Waals surface area contributed by atoms with Gasteiger partial charge in [0.25, 0.3) is 0 Å². The van der Waals surface area contributed by atoms with E-state index >= 15 is 0 Å². The number of thiazole rings is 1. The molecule has 0 saturated heterocycles. The molecule has 2 heterocycles. The van der Waals surface area contributed by atoms with Crippen LogP contribution in [0.5, 0.6) is 11.5 Å². The minimum Gasteiger partial charge on any atom is -0.493 e. The number of nitrogens with one attached hydrogen (secondary N) is 1. The predicted molar refractivity (Wildman–Crippen MR) is 135 cm³/mol. The number of benzene rings is 2. The number of halogens is 2. The molecule has 172 valence electrons. The maximum absolute atomic E-state index is 12.3. The largest absolute Gasteiger partial charge is 0.493 e. The van der Waals surface area contributed by atoms with Crippen LogP contribution < -0.4 is 14.3 Å². The molecule has 2 bridgehead atoms. The maximum atomic E-state index is 12.3. The van der Waals surface area contributed by atoms with Gasteiger partial charge in [-0.25, -0.2) is 0 Å². The lowest BCUT2D eigenvalue weighted by Gasteiger charge is -2.40. The summed E-state index contributed by atoms with van der Waals surface area (Å²) in [5.74, 6) is 3.65. The monoisotopic (exact) mass is 519 g/mol. The van der Waals surface area contributed by atoms with Crippen molar-refractivity contribution in [2.45, 2.75) is 42.1 Å². The average molecular weight is 521 g/mol. The van der Waals surface area contributed by atoms with Crippen LogP contribution in [-0.4, -0.2) is 17.3 Å². The normalized spacial score (nSPS) is 27.3. The van der Waals surface area contributed by atoms with Crippen molar-refractivity contribution in [3.63, 3.8) is 0 Å². The Hall–Kier alpha value is -1.60. The number of aromatic nitrogens is 1. The second kappa shape index (κ2) is 8.56. The Morgan fingerprint density at radius 3 is 2.76 bits per heavy atom. The summed E-state index contributed by atoms with van der Waals surface area (Å²) in [7, 11) is 1.67. The first-order valence-electron chi connectivity index (χ1n) is 11.2. The summed E-state index contributed by atoms with van der Waals surface area (Å²) in [6, 6.07) is 11.6. The van der Waals surface area contributed by atoms with Crippen molar-refractivity contribution in [1.82, 2.24) is 4.98 Å². The van der Waals surface area contributed by atoms with Gasteiger partial charge in [-0.05, 0) is 66.8 Å². The molecular weight excluding hydrogens is 497 g/mol. The van der Waals surface area contributed by atoms with Crippen LogP contribution in [0.15, 0.2) is 46.2 Å². The van der Waals surface area contributed by atoms with E-state index in [4.69, 9.17) is 32.7 Å². The van der Waals surface area contributed by atoms with Gasteiger partial charge in [0.1, 0.15) is 6.61 Å². The van der Waals surface area contributed by atoms with Crippen LogP contribution in [0.2, 0.25) is 10.0 Å². The Morgan fingerprint density at radius 2 is 1.94 bits per heavy atom. The first kappa shape index (κ1) is 21.9. The van der Waals surface area contributed by atoms with Crippen LogP contribution in [0.4, 0.5) is 0 Å². The van der Waals surface area contributed by atoms with Gasteiger partial charge in [-0.15, -0.1) is 11.8 Å². The number of H-pyrrole nitrogens is 1. The van der Waals surface area contributed by atoms with Crippen molar-refractivity contribution in [2.24, 2.45) is 17.8 Å². The molecule has 0 unspecified atom stereocenters. The van der Waals surface area contributed by atoms with E-state index in [0.29, 0.717) is 39.3 Å². The number of hydrogen-bond donors (Lipinski definition) is 1. The summed E-state index contributed by atoms with van der Waals surface area (Å²) in [6.07, 6.45) is 3.94. The Labute approximate surface area is 210 Å². The Balaban J connectivity index is 1.33. The van der Waals surface area contributed by atoms with Gasteiger partial charge in [-0.2, -0.15) is 0 Å². The van der Waals surface area contributed by atoms with Gasteiger partial charge >= 0.3 is 4.87 Å². The molecule has 2 fully saturated rings. The molecular formula is C25H23Cl2NO3S2. The molecule has 6 rings (SSSR count). The topological polar surface area (TPSA) is 51.3 Å². The molecule has 33 heavy (non-hydrogen) atoms. The van der Waals surface area contributed by atoms with Crippen molar-refractivity contribution in [1.29, 1.82) is 0 Å². The van der Waals surface area contributed by atoms with E-state index in [1.165, 1.54) is 41.0 Å². The van der Waals surface area contributed by atoms with Gasteiger partial charge in [0, 0.05) is 31.7 Å². The van der Waals surface area contributed by atoms with Crippen LogP contribution in [0, 0.1) is 17.8 Å². The van der Waals surface area contributed by atoms with E-state index in [1.54, 1.807) is 19.2 Å². The van der Waals surface area contributed by atoms with Crippen molar-refractivity contribution >= 4 is 46.3 Å². The van der Waals surface area contributed by atoms with E-state index in [-0.39, 0.29) is 10.8 Å². The van der Waals surface area contributed by atoms with E-state index in [0.717, 1.165) is 22.4 Å². The van der Waals surface area contributed by atoms with Gasteiger partial charge in [0.05, 0.1) is 12.1 Å². The third-order valence-corrected chi connectivity index (χ3v) is 10.6. The van der Waals surface area contributed by atoms with Gasteiger partial charge < -0.3 is 14.5 Å². The minimum absolute atomic E-state index is 0.0385. The highest BCUT2D eigenvalue weighted by Crippen LogP contribution is 2.63. The van der Waals surface area contributed by atoms with Crippen molar-refractivity contribution < 1.29 is 9.47 Å². The maximum Gasteiger partial charge on any atom is 0.305 e.